The lowest BCUT2D eigenvalue weighted by atomic mass is 10.1. The van der Waals surface area contributed by atoms with Crippen molar-refractivity contribution in [2.24, 2.45) is 7.05 Å². The summed E-state index contributed by atoms with van der Waals surface area (Å²) in [5.74, 6) is -1.28. The minimum atomic E-state index is -0.645. The van der Waals surface area contributed by atoms with E-state index < -0.39 is 11.5 Å². The molecule has 2 aromatic rings. The van der Waals surface area contributed by atoms with Crippen molar-refractivity contribution in [1.29, 1.82) is 0 Å². The summed E-state index contributed by atoms with van der Waals surface area (Å²) in [5, 5.41) is 10.5. The number of carbonyl (C=O) groups is 1. The number of hydrogen-bond acceptors (Lipinski definition) is 4. The number of nitrogens with zero attached hydrogens (tertiary/aromatic N) is 1. The zero-order valence-corrected chi connectivity index (χ0v) is 10.4. The van der Waals surface area contributed by atoms with Crippen LogP contribution in [0.3, 0.4) is 0 Å². The normalized spacial score (nSPS) is 10.6. The smallest absolute Gasteiger partial charge is 0.308 e. The first-order valence-electron chi connectivity index (χ1n) is 5.42. The van der Waals surface area contributed by atoms with Crippen LogP contribution in [0.4, 0.5) is 0 Å². The highest BCUT2D eigenvalue weighted by molar-refractivity contribution is 5.88. The van der Waals surface area contributed by atoms with Crippen molar-refractivity contribution in [2.45, 2.75) is 13.8 Å². The number of hydrogen-bond donors (Lipinski definition) is 1. The van der Waals surface area contributed by atoms with Gasteiger partial charge in [0.1, 0.15) is 0 Å². The summed E-state index contributed by atoms with van der Waals surface area (Å²) < 4.78 is 6.12. The average Bonchev–Trinajstić information content (AvgIpc) is 2.31. The predicted octanol–water partition coefficient (Wildman–Crippen LogP) is 1.48. The summed E-state index contributed by atoms with van der Waals surface area (Å²) in [7, 11) is 1.57. The SMILES string of the molecule is CC(=O)Oc1c(O)c2ccc(C)cc2n(C)c1=O. The van der Waals surface area contributed by atoms with Gasteiger partial charge in [-0.25, -0.2) is 0 Å². The number of aromatic nitrogens is 1. The second kappa shape index (κ2) is 4.18. The van der Waals surface area contributed by atoms with E-state index in [-0.39, 0.29) is 11.5 Å². The lowest BCUT2D eigenvalue weighted by Gasteiger charge is -2.11. The molecule has 0 unspecified atom stereocenters. The number of pyridine rings is 1. The number of esters is 1. The molecule has 18 heavy (non-hydrogen) atoms. The zero-order chi connectivity index (χ0) is 13.4. The van der Waals surface area contributed by atoms with Gasteiger partial charge in [-0.05, 0) is 24.6 Å². The van der Waals surface area contributed by atoms with Gasteiger partial charge in [0, 0.05) is 19.4 Å². The molecule has 1 aromatic carbocycles. The van der Waals surface area contributed by atoms with Gasteiger partial charge in [-0.1, -0.05) is 6.07 Å². The van der Waals surface area contributed by atoms with Crippen LogP contribution in [0, 0.1) is 6.92 Å². The lowest BCUT2D eigenvalue weighted by Crippen LogP contribution is -2.21. The van der Waals surface area contributed by atoms with Gasteiger partial charge in [-0.15, -0.1) is 0 Å². The van der Waals surface area contributed by atoms with Crippen molar-refractivity contribution in [3.63, 3.8) is 0 Å². The summed E-state index contributed by atoms with van der Waals surface area (Å²) in [5.41, 5.74) is 1.02. The van der Waals surface area contributed by atoms with Crippen LogP contribution in [0.2, 0.25) is 0 Å². The third-order valence-electron chi connectivity index (χ3n) is 2.73. The van der Waals surface area contributed by atoms with Gasteiger partial charge < -0.3 is 14.4 Å². The number of rotatable bonds is 1. The summed E-state index contributed by atoms with van der Waals surface area (Å²) >= 11 is 0. The van der Waals surface area contributed by atoms with E-state index in [1.54, 1.807) is 19.2 Å². The number of ether oxygens (including phenoxy) is 1. The third kappa shape index (κ3) is 1.84. The second-order valence-electron chi connectivity index (χ2n) is 4.16. The maximum Gasteiger partial charge on any atom is 0.308 e. The fraction of sp³-hybridized carbons (Fsp3) is 0.231. The maximum atomic E-state index is 12.0. The van der Waals surface area contributed by atoms with E-state index in [9.17, 15) is 14.7 Å². The largest absolute Gasteiger partial charge is 0.504 e. The summed E-state index contributed by atoms with van der Waals surface area (Å²) in [6.45, 7) is 3.07. The Kier molecular flexibility index (Phi) is 2.82. The molecule has 94 valence electrons. The molecule has 1 aromatic heterocycles. The van der Waals surface area contributed by atoms with E-state index in [0.717, 1.165) is 5.56 Å². The Morgan fingerprint density at radius 2 is 2.06 bits per heavy atom. The average molecular weight is 247 g/mol. The molecule has 0 bridgehead atoms. The van der Waals surface area contributed by atoms with E-state index in [2.05, 4.69) is 0 Å². The van der Waals surface area contributed by atoms with Gasteiger partial charge in [0.2, 0.25) is 5.75 Å². The first-order chi connectivity index (χ1) is 8.41. The summed E-state index contributed by atoms with van der Waals surface area (Å²) in [6.07, 6.45) is 0. The van der Waals surface area contributed by atoms with Crippen LogP contribution in [0.25, 0.3) is 10.9 Å². The van der Waals surface area contributed by atoms with Crippen molar-refractivity contribution < 1.29 is 14.6 Å². The molecule has 0 radical (unpaired) electrons. The van der Waals surface area contributed by atoms with E-state index in [1.807, 2.05) is 13.0 Å². The van der Waals surface area contributed by atoms with Gasteiger partial charge in [-0.2, -0.15) is 0 Å². The third-order valence-corrected chi connectivity index (χ3v) is 2.73. The van der Waals surface area contributed by atoms with Crippen LogP contribution >= 0.6 is 0 Å². The van der Waals surface area contributed by atoms with Crippen molar-refractivity contribution in [3.05, 3.63) is 34.1 Å². The fourth-order valence-electron chi connectivity index (χ4n) is 1.84. The maximum absolute atomic E-state index is 12.0. The first-order valence-corrected chi connectivity index (χ1v) is 5.42. The Bertz CT molecular complexity index is 700. The van der Waals surface area contributed by atoms with Gasteiger partial charge in [-0.3, -0.25) is 9.59 Å². The molecule has 5 heteroatoms. The predicted molar refractivity (Wildman–Crippen MR) is 66.9 cm³/mol. The molecule has 1 heterocycles. The van der Waals surface area contributed by atoms with Gasteiger partial charge in [0.25, 0.3) is 5.56 Å². The highest BCUT2D eigenvalue weighted by Gasteiger charge is 2.17. The Labute approximate surface area is 103 Å². The van der Waals surface area contributed by atoms with E-state index in [1.165, 1.54) is 11.5 Å². The van der Waals surface area contributed by atoms with Crippen molar-refractivity contribution >= 4 is 16.9 Å². The minimum Gasteiger partial charge on any atom is -0.504 e. The van der Waals surface area contributed by atoms with Crippen molar-refractivity contribution in [2.75, 3.05) is 0 Å². The molecular weight excluding hydrogens is 234 g/mol. The number of aromatic hydroxyl groups is 1. The molecule has 0 aliphatic rings. The molecular formula is C13H13NO4. The topological polar surface area (TPSA) is 68.5 Å². The molecule has 0 fully saturated rings. The number of carbonyl (C=O) groups excluding carboxylic acids is 1. The van der Waals surface area contributed by atoms with Gasteiger partial charge in [0.05, 0.1) is 5.52 Å². The number of fused-ring (bicyclic) bond motifs is 1. The molecule has 0 atom stereocenters. The lowest BCUT2D eigenvalue weighted by molar-refractivity contribution is -0.132. The zero-order valence-electron chi connectivity index (χ0n) is 10.4. The van der Waals surface area contributed by atoms with Gasteiger partial charge >= 0.3 is 5.97 Å². The Balaban J connectivity index is 2.87. The summed E-state index contributed by atoms with van der Waals surface area (Å²) in [6, 6.07) is 5.28. The monoisotopic (exact) mass is 247 g/mol. The van der Waals surface area contributed by atoms with Crippen LogP contribution in [-0.4, -0.2) is 15.6 Å². The quantitative estimate of drug-likeness (QED) is 0.775. The van der Waals surface area contributed by atoms with E-state index in [0.29, 0.717) is 10.9 Å². The highest BCUT2D eigenvalue weighted by atomic mass is 16.5. The van der Waals surface area contributed by atoms with Crippen molar-refractivity contribution in [1.82, 2.24) is 4.57 Å². The Morgan fingerprint density at radius 1 is 1.39 bits per heavy atom. The summed E-state index contributed by atoms with van der Waals surface area (Å²) in [4.78, 5) is 22.9. The fourth-order valence-corrected chi connectivity index (χ4v) is 1.84. The molecule has 0 aliphatic carbocycles. The van der Waals surface area contributed by atoms with Gasteiger partial charge in [0.15, 0.2) is 5.75 Å². The van der Waals surface area contributed by atoms with E-state index >= 15 is 0 Å². The van der Waals surface area contributed by atoms with E-state index in [4.69, 9.17) is 4.74 Å². The van der Waals surface area contributed by atoms with Crippen LogP contribution in [0.15, 0.2) is 23.0 Å². The number of benzene rings is 1. The van der Waals surface area contributed by atoms with Crippen LogP contribution in [-0.2, 0) is 11.8 Å². The first kappa shape index (κ1) is 12.2. The molecule has 2 rings (SSSR count). The minimum absolute atomic E-state index is 0.302. The molecule has 0 saturated carbocycles. The van der Waals surface area contributed by atoms with Crippen LogP contribution in [0.5, 0.6) is 11.5 Å². The van der Waals surface area contributed by atoms with Crippen LogP contribution in [0.1, 0.15) is 12.5 Å². The Morgan fingerprint density at radius 3 is 2.67 bits per heavy atom. The Hall–Kier alpha value is -2.30. The highest BCUT2D eigenvalue weighted by Crippen LogP contribution is 2.31. The standard InChI is InChI=1S/C13H13NO4/c1-7-4-5-9-10(6-7)14(3)13(17)12(11(9)16)18-8(2)15/h4-6,16H,1-3H3. The molecule has 0 aliphatic heterocycles. The number of aryl methyl sites for hydroxylation is 2. The van der Waals surface area contributed by atoms with Crippen LogP contribution < -0.4 is 10.3 Å². The molecule has 1 N–H and O–H groups in total. The molecule has 0 spiro atoms. The molecule has 0 amide bonds. The van der Waals surface area contributed by atoms with Crippen molar-refractivity contribution in [3.8, 4) is 11.5 Å². The molecule has 5 nitrogen and oxygen atoms in total. The molecule has 0 saturated heterocycles. The second-order valence-corrected chi connectivity index (χ2v) is 4.16.